The molecule has 1 saturated heterocycles. The first-order chi connectivity index (χ1) is 9.38. The highest BCUT2D eigenvalue weighted by Gasteiger charge is 2.39. The number of carboxylic acid groups (broad SMARTS) is 1. The number of rotatable bonds is 2. The average molecular weight is 343 g/mol. The molecule has 7 heteroatoms. The Morgan fingerprint density at radius 3 is 2.75 bits per heavy atom. The SMILES string of the molecule is Cc1cc(Br)ccc1NC(=O)N1C[C@H](O)C[C@H]1C(=O)O. The van der Waals surface area contributed by atoms with Crippen LogP contribution in [-0.4, -0.2) is 45.8 Å². The van der Waals surface area contributed by atoms with Crippen LogP contribution in [0.25, 0.3) is 0 Å². The highest BCUT2D eigenvalue weighted by Crippen LogP contribution is 2.23. The van der Waals surface area contributed by atoms with Crippen LogP contribution in [0.15, 0.2) is 22.7 Å². The zero-order chi connectivity index (χ0) is 14.9. The van der Waals surface area contributed by atoms with Gasteiger partial charge in [0, 0.05) is 23.1 Å². The maximum Gasteiger partial charge on any atom is 0.326 e. The molecule has 0 radical (unpaired) electrons. The van der Waals surface area contributed by atoms with Crippen LogP contribution in [0, 0.1) is 6.92 Å². The summed E-state index contributed by atoms with van der Waals surface area (Å²) in [4.78, 5) is 24.4. The second-order valence-electron chi connectivity index (χ2n) is 4.79. The summed E-state index contributed by atoms with van der Waals surface area (Å²) in [5, 5.41) is 21.3. The number of halogens is 1. The van der Waals surface area contributed by atoms with Gasteiger partial charge in [-0.25, -0.2) is 9.59 Å². The zero-order valence-corrected chi connectivity index (χ0v) is 12.4. The molecule has 1 heterocycles. The Labute approximate surface area is 124 Å². The van der Waals surface area contributed by atoms with E-state index < -0.39 is 24.1 Å². The topological polar surface area (TPSA) is 89.9 Å². The Balaban J connectivity index is 2.13. The highest BCUT2D eigenvalue weighted by atomic mass is 79.9. The van der Waals surface area contributed by atoms with Crippen molar-refractivity contribution in [3.63, 3.8) is 0 Å². The Bertz CT molecular complexity index is 549. The lowest BCUT2D eigenvalue weighted by Crippen LogP contribution is -2.43. The van der Waals surface area contributed by atoms with Gasteiger partial charge < -0.3 is 20.4 Å². The lowest BCUT2D eigenvalue weighted by Gasteiger charge is -2.22. The molecule has 2 atom stereocenters. The molecule has 2 amide bonds. The first kappa shape index (κ1) is 14.8. The molecule has 1 fully saturated rings. The van der Waals surface area contributed by atoms with E-state index in [1.54, 1.807) is 12.1 Å². The molecule has 0 aliphatic carbocycles. The van der Waals surface area contributed by atoms with Crippen molar-refractivity contribution in [1.29, 1.82) is 0 Å². The molecule has 0 bridgehead atoms. The smallest absolute Gasteiger partial charge is 0.326 e. The number of benzene rings is 1. The Morgan fingerprint density at radius 2 is 2.15 bits per heavy atom. The van der Waals surface area contributed by atoms with Crippen molar-refractivity contribution in [2.24, 2.45) is 0 Å². The number of β-amino-alcohol motifs (C(OH)–C–C–N with tert-alkyl or cyclic N) is 1. The van der Waals surface area contributed by atoms with E-state index in [4.69, 9.17) is 5.11 Å². The minimum absolute atomic E-state index is 0.0262. The molecule has 108 valence electrons. The van der Waals surface area contributed by atoms with Crippen molar-refractivity contribution >= 4 is 33.6 Å². The number of nitrogens with zero attached hydrogens (tertiary/aromatic N) is 1. The van der Waals surface area contributed by atoms with Crippen LogP contribution in [0.1, 0.15) is 12.0 Å². The van der Waals surface area contributed by atoms with E-state index in [2.05, 4.69) is 21.2 Å². The fraction of sp³-hybridized carbons (Fsp3) is 0.385. The second kappa shape index (κ2) is 5.80. The summed E-state index contributed by atoms with van der Waals surface area (Å²) in [6.07, 6.45) is -0.741. The number of carbonyl (C=O) groups excluding carboxylic acids is 1. The molecule has 3 N–H and O–H groups in total. The molecule has 1 aliphatic heterocycles. The van der Waals surface area contributed by atoms with E-state index in [1.165, 1.54) is 0 Å². The van der Waals surface area contributed by atoms with Gasteiger partial charge >= 0.3 is 12.0 Å². The highest BCUT2D eigenvalue weighted by molar-refractivity contribution is 9.10. The van der Waals surface area contributed by atoms with Crippen LogP contribution in [0.3, 0.4) is 0 Å². The number of aryl methyl sites for hydroxylation is 1. The number of aliphatic hydroxyl groups is 1. The molecule has 1 aromatic carbocycles. The monoisotopic (exact) mass is 342 g/mol. The number of urea groups is 1. The maximum absolute atomic E-state index is 12.1. The minimum Gasteiger partial charge on any atom is -0.480 e. The average Bonchev–Trinajstić information content (AvgIpc) is 2.75. The van der Waals surface area contributed by atoms with Gasteiger partial charge in [-0.2, -0.15) is 0 Å². The first-order valence-corrected chi connectivity index (χ1v) is 6.92. The van der Waals surface area contributed by atoms with Crippen LogP contribution in [-0.2, 0) is 4.79 Å². The van der Waals surface area contributed by atoms with Gasteiger partial charge in [-0.15, -0.1) is 0 Å². The predicted octanol–water partition coefficient (Wildman–Crippen LogP) is 1.81. The number of nitrogens with one attached hydrogen (secondary N) is 1. The largest absolute Gasteiger partial charge is 0.480 e. The van der Waals surface area contributed by atoms with Gasteiger partial charge in [-0.05, 0) is 30.7 Å². The normalized spacial score (nSPS) is 21.9. The summed E-state index contributed by atoms with van der Waals surface area (Å²) in [5.74, 6) is -1.11. The van der Waals surface area contributed by atoms with E-state index in [9.17, 15) is 14.7 Å². The molecular formula is C13H15BrN2O4. The quantitative estimate of drug-likeness (QED) is 0.764. The van der Waals surface area contributed by atoms with Gasteiger partial charge in [0.25, 0.3) is 0 Å². The van der Waals surface area contributed by atoms with Crippen LogP contribution in [0.5, 0.6) is 0 Å². The molecule has 0 unspecified atom stereocenters. The zero-order valence-electron chi connectivity index (χ0n) is 10.8. The van der Waals surface area contributed by atoms with Crippen molar-refractivity contribution in [3.8, 4) is 0 Å². The third-order valence-electron chi connectivity index (χ3n) is 3.25. The first-order valence-electron chi connectivity index (χ1n) is 6.13. The van der Waals surface area contributed by atoms with Gasteiger partial charge in [0.2, 0.25) is 0 Å². The van der Waals surface area contributed by atoms with Crippen molar-refractivity contribution in [2.45, 2.75) is 25.5 Å². The Hall–Kier alpha value is -1.60. The molecule has 2 rings (SSSR count). The minimum atomic E-state index is -1.11. The van der Waals surface area contributed by atoms with Crippen molar-refractivity contribution < 1.29 is 19.8 Å². The number of hydrogen-bond donors (Lipinski definition) is 3. The number of carbonyl (C=O) groups is 2. The number of aliphatic hydroxyl groups excluding tert-OH is 1. The van der Waals surface area contributed by atoms with Crippen LogP contribution in [0.2, 0.25) is 0 Å². The molecule has 0 saturated carbocycles. The van der Waals surface area contributed by atoms with Gasteiger partial charge in [-0.3, -0.25) is 0 Å². The summed E-state index contributed by atoms with van der Waals surface area (Å²) in [5.41, 5.74) is 1.48. The summed E-state index contributed by atoms with van der Waals surface area (Å²) < 4.78 is 0.896. The van der Waals surface area contributed by atoms with Crippen molar-refractivity contribution in [2.75, 3.05) is 11.9 Å². The maximum atomic E-state index is 12.1. The van der Waals surface area contributed by atoms with Crippen molar-refractivity contribution in [3.05, 3.63) is 28.2 Å². The molecule has 0 aromatic heterocycles. The molecule has 20 heavy (non-hydrogen) atoms. The van der Waals surface area contributed by atoms with Gasteiger partial charge in [0.05, 0.1) is 6.10 Å². The molecule has 6 nitrogen and oxygen atoms in total. The number of hydrogen-bond acceptors (Lipinski definition) is 3. The van der Waals surface area contributed by atoms with Gasteiger partial charge in [0.1, 0.15) is 6.04 Å². The standard InChI is InChI=1S/C13H15BrN2O4/c1-7-4-8(14)2-3-10(7)15-13(20)16-6-9(17)5-11(16)12(18)19/h2-4,9,11,17H,5-6H2,1H3,(H,15,20)(H,18,19)/t9-,11+/m1/s1. The fourth-order valence-electron chi connectivity index (χ4n) is 2.23. The van der Waals surface area contributed by atoms with Gasteiger partial charge in [-0.1, -0.05) is 15.9 Å². The summed E-state index contributed by atoms with van der Waals surface area (Å²) in [6.45, 7) is 1.87. The van der Waals surface area contributed by atoms with Crippen LogP contribution < -0.4 is 5.32 Å². The molecule has 0 spiro atoms. The van der Waals surface area contributed by atoms with E-state index in [0.717, 1.165) is 14.9 Å². The fourth-order valence-corrected chi connectivity index (χ4v) is 2.70. The molecule has 1 aliphatic rings. The number of aliphatic carboxylic acids is 1. The molecule has 1 aromatic rings. The number of carboxylic acids is 1. The summed E-state index contributed by atoms with van der Waals surface area (Å²) in [7, 11) is 0. The lowest BCUT2D eigenvalue weighted by atomic mass is 10.2. The Morgan fingerprint density at radius 1 is 1.45 bits per heavy atom. The van der Waals surface area contributed by atoms with E-state index in [1.807, 2.05) is 13.0 Å². The van der Waals surface area contributed by atoms with Gasteiger partial charge in [0.15, 0.2) is 0 Å². The summed E-state index contributed by atoms with van der Waals surface area (Å²) >= 11 is 3.33. The third-order valence-corrected chi connectivity index (χ3v) is 3.75. The number of amides is 2. The predicted molar refractivity (Wildman–Crippen MR) is 76.7 cm³/mol. The molecular weight excluding hydrogens is 328 g/mol. The van der Waals surface area contributed by atoms with E-state index in [-0.39, 0.29) is 13.0 Å². The van der Waals surface area contributed by atoms with Crippen LogP contribution >= 0.6 is 15.9 Å². The van der Waals surface area contributed by atoms with E-state index in [0.29, 0.717) is 5.69 Å². The second-order valence-corrected chi connectivity index (χ2v) is 5.70. The third kappa shape index (κ3) is 3.10. The van der Waals surface area contributed by atoms with E-state index >= 15 is 0 Å². The van der Waals surface area contributed by atoms with Crippen LogP contribution in [0.4, 0.5) is 10.5 Å². The number of likely N-dealkylation sites (tertiary alicyclic amines) is 1. The number of anilines is 1. The van der Waals surface area contributed by atoms with Crippen molar-refractivity contribution in [1.82, 2.24) is 4.90 Å². The summed E-state index contributed by atoms with van der Waals surface area (Å²) in [6, 6.07) is 3.87. The Kier molecular flexibility index (Phi) is 4.29. The lowest BCUT2D eigenvalue weighted by molar-refractivity contribution is -0.141.